The van der Waals surface area contributed by atoms with Gasteiger partial charge in [-0.05, 0) is 55.8 Å². The molecule has 0 saturated carbocycles. The van der Waals surface area contributed by atoms with Gasteiger partial charge in [-0.2, -0.15) is 4.31 Å². The van der Waals surface area contributed by atoms with Crippen LogP contribution in [0.5, 0.6) is 0 Å². The molecule has 3 nitrogen and oxygen atoms in total. The molecule has 1 fully saturated rings. The van der Waals surface area contributed by atoms with Crippen molar-refractivity contribution in [2.75, 3.05) is 6.54 Å². The lowest BCUT2D eigenvalue weighted by atomic mass is 10.1. The molecule has 1 aromatic carbocycles. The number of hydrogen-bond acceptors (Lipinski definition) is 3. The van der Waals surface area contributed by atoms with Crippen LogP contribution in [0.2, 0.25) is 0 Å². The Labute approximate surface area is 143 Å². The first-order valence-electron chi connectivity index (χ1n) is 8.12. The minimum atomic E-state index is -3.45. The second-order valence-corrected chi connectivity index (χ2v) is 9.10. The Morgan fingerprint density at radius 3 is 2.43 bits per heavy atom. The third kappa shape index (κ3) is 3.37. The van der Waals surface area contributed by atoms with Crippen LogP contribution in [-0.2, 0) is 10.0 Å². The summed E-state index contributed by atoms with van der Waals surface area (Å²) in [6, 6.07) is 9.26. The maximum atomic E-state index is 13.2. The van der Waals surface area contributed by atoms with Gasteiger partial charge in [0.05, 0.1) is 10.9 Å². The number of hydrogen-bond donors (Lipinski definition) is 0. The molecule has 0 radical (unpaired) electrons. The van der Waals surface area contributed by atoms with Crippen LogP contribution in [0.4, 0.5) is 0 Å². The van der Waals surface area contributed by atoms with Crippen molar-refractivity contribution in [1.29, 1.82) is 0 Å². The van der Waals surface area contributed by atoms with Crippen LogP contribution < -0.4 is 0 Å². The third-order valence-corrected chi connectivity index (χ3v) is 7.58. The summed E-state index contributed by atoms with van der Waals surface area (Å²) in [6.45, 7) is 4.66. The average Bonchev–Trinajstić information content (AvgIpc) is 2.80. The van der Waals surface area contributed by atoms with Crippen LogP contribution in [0, 0.1) is 13.8 Å². The minimum absolute atomic E-state index is 0.0243. The first kappa shape index (κ1) is 16.7. The van der Waals surface area contributed by atoms with Crippen molar-refractivity contribution in [2.45, 2.75) is 50.5 Å². The van der Waals surface area contributed by atoms with Crippen molar-refractivity contribution >= 4 is 21.4 Å². The zero-order chi connectivity index (χ0) is 16.4. The molecule has 0 aliphatic carbocycles. The van der Waals surface area contributed by atoms with Crippen molar-refractivity contribution in [1.82, 2.24) is 4.31 Å². The van der Waals surface area contributed by atoms with Gasteiger partial charge < -0.3 is 0 Å². The lowest BCUT2D eigenvalue weighted by Crippen LogP contribution is -2.34. The van der Waals surface area contributed by atoms with E-state index in [-0.39, 0.29) is 6.04 Å². The maximum absolute atomic E-state index is 13.2. The molecule has 1 aliphatic heterocycles. The van der Waals surface area contributed by atoms with Crippen LogP contribution in [-0.4, -0.2) is 19.3 Å². The Bertz CT molecular complexity index is 763. The Morgan fingerprint density at radius 1 is 1.04 bits per heavy atom. The average molecular weight is 350 g/mol. The number of thiophene rings is 1. The largest absolute Gasteiger partial charge is 0.243 e. The molecule has 2 aromatic rings. The van der Waals surface area contributed by atoms with Gasteiger partial charge in [-0.15, -0.1) is 11.3 Å². The standard InChI is InChI=1S/C18H23NO2S2/c1-14-7-9-16(10-8-14)23(20,21)19-12-5-3-4-6-17(19)18-15(2)11-13-22-18/h7-11,13,17H,3-6,12H2,1-2H3/t17-/m1/s1. The molecule has 3 rings (SSSR count). The molecular weight excluding hydrogens is 326 g/mol. The molecule has 124 valence electrons. The molecule has 0 N–H and O–H groups in total. The van der Waals surface area contributed by atoms with Crippen molar-refractivity contribution in [2.24, 2.45) is 0 Å². The third-order valence-electron chi connectivity index (χ3n) is 4.54. The molecule has 5 heteroatoms. The topological polar surface area (TPSA) is 37.4 Å². The summed E-state index contributed by atoms with van der Waals surface area (Å²) in [7, 11) is -3.45. The molecule has 2 heterocycles. The van der Waals surface area contributed by atoms with Gasteiger partial charge in [-0.25, -0.2) is 8.42 Å². The molecule has 0 bridgehead atoms. The zero-order valence-electron chi connectivity index (χ0n) is 13.7. The highest BCUT2D eigenvalue weighted by Crippen LogP contribution is 2.38. The Kier molecular flexibility index (Phi) is 4.90. The first-order chi connectivity index (χ1) is 11.0. The smallest absolute Gasteiger partial charge is 0.207 e. The molecule has 1 atom stereocenters. The SMILES string of the molecule is Cc1ccc(S(=O)(=O)N2CCCCC[C@@H]2c2sccc2C)cc1. The summed E-state index contributed by atoms with van der Waals surface area (Å²) in [4.78, 5) is 1.60. The van der Waals surface area contributed by atoms with E-state index in [1.807, 2.05) is 19.1 Å². The molecule has 0 unspecified atom stereocenters. The van der Waals surface area contributed by atoms with Crippen LogP contribution in [0.3, 0.4) is 0 Å². The molecule has 0 spiro atoms. The highest BCUT2D eigenvalue weighted by Gasteiger charge is 2.34. The van der Waals surface area contributed by atoms with E-state index >= 15 is 0 Å². The van der Waals surface area contributed by atoms with Crippen molar-refractivity contribution in [3.05, 3.63) is 51.7 Å². The summed E-state index contributed by atoms with van der Waals surface area (Å²) in [5, 5.41) is 2.06. The van der Waals surface area contributed by atoms with Crippen LogP contribution in [0.1, 0.15) is 47.7 Å². The fourth-order valence-electron chi connectivity index (χ4n) is 3.20. The highest BCUT2D eigenvalue weighted by atomic mass is 32.2. The van der Waals surface area contributed by atoms with Crippen molar-refractivity contribution in [3.8, 4) is 0 Å². The quantitative estimate of drug-likeness (QED) is 0.807. The normalized spacial score (nSPS) is 20.3. The van der Waals surface area contributed by atoms with Gasteiger partial charge in [-0.1, -0.05) is 30.5 Å². The Hall–Kier alpha value is -1.17. The fourth-order valence-corrected chi connectivity index (χ4v) is 6.01. The van der Waals surface area contributed by atoms with Crippen LogP contribution in [0.25, 0.3) is 0 Å². The molecule has 23 heavy (non-hydrogen) atoms. The number of nitrogens with zero attached hydrogens (tertiary/aromatic N) is 1. The van der Waals surface area contributed by atoms with E-state index < -0.39 is 10.0 Å². The van der Waals surface area contributed by atoms with Crippen LogP contribution in [0.15, 0.2) is 40.6 Å². The van der Waals surface area contributed by atoms with Gasteiger partial charge in [0, 0.05) is 11.4 Å². The Balaban J connectivity index is 2.02. The predicted molar refractivity (Wildman–Crippen MR) is 95.3 cm³/mol. The van der Waals surface area contributed by atoms with Crippen molar-refractivity contribution < 1.29 is 8.42 Å². The summed E-state index contributed by atoms with van der Waals surface area (Å²) in [5.41, 5.74) is 2.27. The van der Waals surface area contributed by atoms with Gasteiger partial charge in [0.1, 0.15) is 0 Å². The van der Waals surface area contributed by atoms with Gasteiger partial charge in [0.15, 0.2) is 0 Å². The second-order valence-electron chi connectivity index (χ2n) is 6.26. The molecule has 1 aliphatic rings. The van der Waals surface area contributed by atoms with Gasteiger partial charge in [0.2, 0.25) is 10.0 Å². The van der Waals surface area contributed by atoms with E-state index in [4.69, 9.17) is 0 Å². The predicted octanol–water partition coefficient (Wildman–Crippen LogP) is 4.67. The van der Waals surface area contributed by atoms with E-state index in [0.717, 1.165) is 31.2 Å². The van der Waals surface area contributed by atoms with Gasteiger partial charge >= 0.3 is 0 Å². The summed E-state index contributed by atoms with van der Waals surface area (Å²) in [5.74, 6) is 0. The number of benzene rings is 1. The van der Waals surface area contributed by atoms with Gasteiger partial charge in [-0.3, -0.25) is 0 Å². The first-order valence-corrected chi connectivity index (χ1v) is 10.4. The Morgan fingerprint density at radius 2 is 1.78 bits per heavy atom. The number of sulfonamides is 1. The van der Waals surface area contributed by atoms with E-state index in [0.29, 0.717) is 11.4 Å². The lowest BCUT2D eigenvalue weighted by Gasteiger charge is -2.29. The van der Waals surface area contributed by atoms with E-state index in [1.54, 1.807) is 27.8 Å². The molecular formula is C18H23NO2S2. The molecule has 0 amide bonds. The minimum Gasteiger partial charge on any atom is -0.207 e. The van der Waals surface area contributed by atoms with Crippen molar-refractivity contribution in [3.63, 3.8) is 0 Å². The van der Waals surface area contributed by atoms with Crippen LogP contribution >= 0.6 is 11.3 Å². The monoisotopic (exact) mass is 349 g/mol. The maximum Gasteiger partial charge on any atom is 0.243 e. The summed E-state index contributed by atoms with van der Waals surface area (Å²) < 4.78 is 28.1. The van der Waals surface area contributed by atoms with Gasteiger partial charge in [0.25, 0.3) is 0 Å². The van der Waals surface area contributed by atoms with E-state index in [9.17, 15) is 8.42 Å². The molecule has 1 aromatic heterocycles. The van der Waals surface area contributed by atoms with E-state index in [1.165, 1.54) is 10.4 Å². The summed E-state index contributed by atoms with van der Waals surface area (Å²) in [6.07, 6.45) is 4.03. The fraction of sp³-hybridized carbons (Fsp3) is 0.444. The number of rotatable bonds is 3. The molecule has 1 saturated heterocycles. The second kappa shape index (κ2) is 6.75. The zero-order valence-corrected chi connectivity index (χ0v) is 15.3. The lowest BCUT2D eigenvalue weighted by molar-refractivity contribution is 0.332. The van der Waals surface area contributed by atoms with E-state index in [2.05, 4.69) is 18.4 Å². The summed E-state index contributed by atoms with van der Waals surface area (Å²) >= 11 is 1.68. The highest BCUT2D eigenvalue weighted by molar-refractivity contribution is 7.89. The number of aryl methyl sites for hydroxylation is 2.